The molecule has 4 rings (SSSR count). The van der Waals surface area contributed by atoms with Gasteiger partial charge >= 0.3 is 0 Å². The Labute approximate surface area is 172 Å². The van der Waals surface area contributed by atoms with Crippen molar-refractivity contribution in [3.8, 4) is 6.07 Å². The molecule has 0 aliphatic heterocycles. The molecule has 4 heteroatoms. The van der Waals surface area contributed by atoms with Crippen molar-refractivity contribution in [1.82, 2.24) is 10.2 Å². The first-order valence-corrected chi connectivity index (χ1v) is 11.9. The number of nitriles is 1. The Morgan fingerprint density at radius 1 is 1.04 bits per heavy atom. The van der Waals surface area contributed by atoms with E-state index in [9.17, 15) is 5.11 Å². The number of hydrogen-bond acceptors (Lipinski definition) is 4. The zero-order chi connectivity index (χ0) is 19.9. The molecule has 4 nitrogen and oxygen atoms in total. The molecule has 0 amide bonds. The van der Waals surface area contributed by atoms with Crippen molar-refractivity contribution in [1.29, 1.82) is 5.26 Å². The molecule has 0 radical (unpaired) electrons. The third-order valence-corrected chi connectivity index (χ3v) is 9.97. The first-order chi connectivity index (χ1) is 13.4. The van der Waals surface area contributed by atoms with Gasteiger partial charge in [0.25, 0.3) is 0 Å². The number of hydrogen-bond donors (Lipinski definition) is 2. The van der Waals surface area contributed by atoms with E-state index in [2.05, 4.69) is 37.2 Å². The Hall–Kier alpha value is -0.630. The molecular formula is C24H41N3O. The second-order valence-corrected chi connectivity index (χ2v) is 11.0. The summed E-state index contributed by atoms with van der Waals surface area (Å²) in [5, 5.41) is 22.2. The van der Waals surface area contributed by atoms with Crippen molar-refractivity contribution in [2.24, 2.45) is 34.5 Å². The molecule has 28 heavy (non-hydrogen) atoms. The number of fused-ring (bicyclic) bond motifs is 5. The average molecular weight is 388 g/mol. The van der Waals surface area contributed by atoms with Gasteiger partial charge in [-0.2, -0.15) is 5.26 Å². The highest BCUT2D eigenvalue weighted by Crippen LogP contribution is 2.66. The van der Waals surface area contributed by atoms with E-state index in [1.54, 1.807) is 0 Å². The Kier molecular flexibility index (Phi) is 5.82. The highest BCUT2D eigenvalue weighted by atomic mass is 16.3. The zero-order valence-corrected chi connectivity index (χ0v) is 18.3. The van der Waals surface area contributed by atoms with Gasteiger partial charge in [0.15, 0.2) is 0 Å². The van der Waals surface area contributed by atoms with Gasteiger partial charge in [-0.05, 0) is 99.3 Å². The lowest BCUT2D eigenvalue weighted by Crippen LogP contribution is -2.56. The summed E-state index contributed by atoms with van der Waals surface area (Å²) in [5.74, 6) is 3.44. The average Bonchev–Trinajstić information content (AvgIpc) is 3.03. The molecule has 0 aromatic carbocycles. The summed E-state index contributed by atoms with van der Waals surface area (Å²) in [5.41, 5.74) is 0.942. The van der Waals surface area contributed by atoms with Gasteiger partial charge < -0.3 is 15.3 Å². The van der Waals surface area contributed by atoms with Crippen LogP contribution in [0.5, 0.6) is 0 Å². The summed E-state index contributed by atoms with van der Waals surface area (Å²) < 4.78 is 0. The van der Waals surface area contributed by atoms with Gasteiger partial charge in [-0.25, -0.2) is 0 Å². The van der Waals surface area contributed by atoms with Crippen LogP contribution < -0.4 is 5.32 Å². The van der Waals surface area contributed by atoms with E-state index in [1.807, 2.05) is 0 Å². The van der Waals surface area contributed by atoms with E-state index in [4.69, 9.17) is 5.26 Å². The van der Waals surface area contributed by atoms with Crippen molar-refractivity contribution in [3.63, 3.8) is 0 Å². The lowest BCUT2D eigenvalue weighted by Gasteiger charge is -2.61. The third-order valence-electron chi connectivity index (χ3n) is 9.97. The van der Waals surface area contributed by atoms with Crippen LogP contribution >= 0.6 is 0 Å². The van der Waals surface area contributed by atoms with Gasteiger partial charge in [-0.15, -0.1) is 0 Å². The maximum atomic E-state index is 10.2. The van der Waals surface area contributed by atoms with Crippen LogP contribution in [0.3, 0.4) is 0 Å². The maximum Gasteiger partial charge on any atom is 0.0841 e. The van der Waals surface area contributed by atoms with E-state index < -0.39 is 0 Å². The first kappa shape index (κ1) is 20.6. The minimum absolute atomic E-state index is 0.0392. The summed E-state index contributed by atoms with van der Waals surface area (Å²) in [6, 6.07) is 2.87. The van der Waals surface area contributed by atoms with Gasteiger partial charge in [-0.3, -0.25) is 0 Å². The van der Waals surface area contributed by atoms with Crippen LogP contribution in [0, 0.1) is 45.8 Å². The summed E-state index contributed by atoms with van der Waals surface area (Å²) in [7, 11) is 2.30. The molecule has 0 aromatic heterocycles. The quantitative estimate of drug-likeness (QED) is 0.556. The summed E-state index contributed by atoms with van der Waals surface area (Å²) in [4.78, 5) is 2.59. The van der Waals surface area contributed by atoms with Crippen LogP contribution in [-0.4, -0.2) is 48.8 Å². The number of aliphatic hydroxyl groups excluding tert-OH is 1. The molecule has 2 N–H and O–H groups in total. The molecule has 4 saturated carbocycles. The van der Waals surface area contributed by atoms with Gasteiger partial charge in [0.05, 0.1) is 18.7 Å². The largest absolute Gasteiger partial charge is 0.393 e. The van der Waals surface area contributed by atoms with Gasteiger partial charge in [0.2, 0.25) is 0 Å². The molecule has 0 bridgehead atoms. The molecule has 158 valence electrons. The molecular weight excluding hydrogens is 346 g/mol. The van der Waals surface area contributed by atoms with Gasteiger partial charge in [-0.1, -0.05) is 13.8 Å². The lowest BCUT2D eigenvalue weighted by atomic mass is 9.45. The second-order valence-electron chi connectivity index (χ2n) is 11.0. The van der Waals surface area contributed by atoms with E-state index in [1.165, 1.54) is 44.9 Å². The van der Waals surface area contributed by atoms with E-state index in [0.29, 0.717) is 23.4 Å². The summed E-state index contributed by atoms with van der Waals surface area (Å²) in [6.45, 7) is 7.60. The van der Waals surface area contributed by atoms with Crippen LogP contribution in [0.4, 0.5) is 0 Å². The van der Waals surface area contributed by atoms with Crippen molar-refractivity contribution < 1.29 is 5.11 Å². The van der Waals surface area contributed by atoms with E-state index in [-0.39, 0.29) is 6.10 Å². The molecule has 4 fully saturated rings. The maximum absolute atomic E-state index is 10.2. The standard InChI is InChI=1S/C24H41N3O/c1-23-10-8-18(28)16-17(23)4-5-19-20-6-7-22(24(20,2)11-9-21(19)23)27(3)15-14-26-13-12-25/h17-22,26,28H,4-11,13-16H2,1-3H3/t17-,18-,19?,20?,21?,22-,23-,24-/m0/s1. The SMILES string of the molecule is CN(CCNCC#N)[C@H]1CCC2C3CC[C@H]4C[C@@H](O)CC[C@]4(C)C3CC[C@@]21C. The minimum atomic E-state index is -0.0392. The van der Waals surface area contributed by atoms with Crippen molar-refractivity contribution in [2.75, 3.05) is 26.7 Å². The van der Waals surface area contributed by atoms with Crippen LogP contribution in [0.2, 0.25) is 0 Å². The Balaban J connectivity index is 1.45. The summed E-state index contributed by atoms with van der Waals surface area (Å²) in [6.07, 6.45) is 11.6. The predicted molar refractivity (Wildman–Crippen MR) is 113 cm³/mol. The highest BCUT2D eigenvalue weighted by Gasteiger charge is 2.60. The van der Waals surface area contributed by atoms with Crippen LogP contribution in [-0.2, 0) is 0 Å². The molecule has 4 aliphatic carbocycles. The number of aliphatic hydroxyl groups is 1. The molecule has 8 atom stereocenters. The monoisotopic (exact) mass is 387 g/mol. The van der Waals surface area contributed by atoms with Crippen LogP contribution in [0.25, 0.3) is 0 Å². The molecule has 3 unspecified atom stereocenters. The fourth-order valence-corrected chi connectivity index (χ4v) is 8.49. The number of nitrogens with zero attached hydrogens (tertiary/aromatic N) is 2. The van der Waals surface area contributed by atoms with Crippen molar-refractivity contribution in [2.45, 2.75) is 83.8 Å². The first-order valence-electron chi connectivity index (χ1n) is 11.9. The molecule has 0 spiro atoms. The summed E-state index contributed by atoms with van der Waals surface area (Å²) >= 11 is 0. The Bertz CT molecular complexity index is 603. The second kappa shape index (κ2) is 7.89. The predicted octanol–water partition coefficient (Wildman–Crippen LogP) is 3.80. The fourth-order valence-electron chi connectivity index (χ4n) is 8.49. The number of rotatable bonds is 5. The molecule has 4 aliphatic rings. The Morgan fingerprint density at radius 3 is 2.57 bits per heavy atom. The highest BCUT2D eigenvalue weighted by molar-refractivity contribution is 5.11. The third kappa shape index (κ3) is 3.32. The number of likely N-dealkylation sites (N-methyl/N-ethyl adjacent to an activating group) is 1. The smallest absolute Gasteiger partial charge is 0.0841 e. The topological polar surface area (TPSA) is 59.3 Å². The molecule has 0 heterocycles. The Morgan fingerprint density at radius 2 is 1.79 bits per heavy atom. The minimum Gasteiger partial charge on any atom is -0.393 e. The van der Waals surface area contributed by atoms with E-state index >= 15 is 0 Å². The zero-order valence-electron chi connectivity index (χ0n) is 18.3. The van der Waals surface area contributed by atoms with Crippen LogP contribution in [0.15, 0.2) is 0 Å². The molecule has 0 saturated heterocycles. The van der Waals surface area contributed by atoms with Gasteiger partial charge in [0, 0.05) is 19.1 Å². The molecule has 0 aromatic rings. The van der Waals surface area contributed by atoms with Crippen molar-refractivity contribution in [3.05, 3.63) is 0 Å². The fraction of sp³-hybridized carbons (Fsp3) is 0.958. The van der Waals surface area contributed by atoms with E-state index in [0.717, 1.165) is 49.6 Å². The van der Waals surface area contributed by atoms with Crippen molar-refractivity contribution >= 4 is 0 Å². The van der Waals surface area contributed by atoms with Crippen LogP contribution in [0.1, 0.15) is 71.6 Å². The lowest BCUT2D eigenvalue weighted by molar-refractivity contribution is -0.128. The normalized spacial score (nSPS) is 47.9. The number of nitrogens with one attached hydrogen (secondary N) is 1. The van der Waals surface area contributed by atoms with Gasteiger partial charge in [0.1, 0.15) is 0 Å².